The first-order valence-electron chi connectivity index (χ1n) is 6.87. The lowest BCUT2D eigenvalue weighted by molar-refractivity contribution is 0.0914. The first-order valence-corrected chi connectivity index (χ1v) is 8.69. The van der Waals surface area contributed by atoms with Crippen LogP contribution in [0.25, 0.3) is 11.0 Å². The molecule has 0 radical (unpaired) electrons. The Kier molecular flexibility index (Phi) is 3.28. The van der Waals surface area contributed by atoms with E-state index < -0.39 is 9.84 Å². The van der Waals surface area contributed by atoms with Crippen molar-refractivity contribution < 1.29 is 17.6 Å². The third kappa shape index (κ3) is 2.68. The van der Waals surface area contributed by atoms with Gasteiger partial charge in [0.25, 0.3) is 5.91 Å². The molecule has 1 amide bonds. The molecule has 1 saturated heterocycles. The van der Waals surface area contributed by atoms with E-state index in [0.29, 0.717) is 12.0 Å². The molecule has 6 heteroatoms. The zero-order valence-electron chi connectivity index (χ0n) is 12.0. The molecule has 1 aromatic heterocycles. The van der Waals surface area contributed by atoms with Gasteiger partial charge in [-0.05, 0) is 31.9 Å². The number of fused-ring (bicyclic) bond motifs is 1. The molecule has 1 aromatic carbocycles. The van der Waals surface area contributed by atoms with Crippen LogP contribution in [-0.2, 0) is 9.84 Å². The molecule has 0 aliphatic carbocycles. The third-order valence-corrected chi connectivity index (χ3v) is 5.64. The second kappa shape index (κ2) is 4.87. The summed E-state index contributed by atoms with van der Waals surface area (Å²) in [5.74, 6) is 0.0660. The lowest BCUT2D eigenvalue weighted by Gasteiger charge is -2.09. The van der Waals surface area contributed by atoms with Crippen molar-refractivity contribution in [1.29, 1.82) is 0 Å². The Hall–Kier alpha value is -1.82. The molecule has 0 unspecified atom stereocenters. The van der Waals surface area contributed by atoms with Gasteiger partial charge in [0.15, 0.2) is 15.6 Å². The van der Waals surface area contributed by atoms with Crippen molar-refractivity contribution in [3.8, 4) is 0 Å². The summed E-state index contributed by atoms with van der Waals surface area (Å²) in [5.41, 5.74) is 2.52. The molecule has 3 rings (SSSR count). The summed E-state index contributed by atoms with van der Waals surface area (Å²) in [4.78, 5) is 12.3. The fraction of sp³-hybridized carbons (Fsp3) is 0.400. The molecule has 1 aliphatic heterocycles. The predicted octanol–water partition coefficient (Wildman–Crippen LogP) is 1.97. The van der Waals surface area contributed by atoms with Crippen LogP contribution in [-0.4, -0.2) is 31.9 Å². The van der Waals surface area contributed by atoms with Crippen LogP contribution in [0.1, 0.15) is 28.1 Å². The monoisotopic (exact) mass is 307 g/mol. The molecule has 112 valence electrons. The molecule has 5 nitrogen and oxygen atoms in total. The van der Waals surface area contributed by atoms with Crippen LogP contribution in [0.5, 0.6) is 0 Å². The van der Waals surface area contributed by atoms with Crippen LogP contribution in [0.2, 0.25) is 0 Å². The van der Waals surface area contributed by atoms with Crippen molar-refractivity contribution in [2.75, 3.05) is 11.5 Å². The van der Waals surface area contributed by atoms with E-state index in [2.05, 4.69) is 5.32 Å². The molecular weight excluding hydrogens is 290 g/mol. The summed E-state index contributed by atoms with van der Waals surface area (Å²) < 4.78 is 28.5. The molecule has 1 atom stereocenters. The van der Waals surface area contributed by atoms with Gasteiger partial charge in [0.2, 0.25) is 0 Å². The molecule has 2 heterocycles. The molecule has 0 saturated carbocycles. The Bertz CT molecular complexity index is 820. The van der Waals surface area contributed by atoms with Crippen LogP contribution in [0, 0.1) is 13.8 Å². The maximum atomic E-state index is 12.3. The molecule has 2 aromatic rings. The highest BCUT2D eigenvalue weighted by atomic mass is 32.2. The van der Waals surface area contributed by atoms with Crippen molar-refractivity contribution >= 4 is 26.7 Å². The second-order valence-corrected chi connectivity index (χ2v) is 7.86. The molecule has 1 aliphatic rings. The Labute approximate surface area is 123 Å². The molecular formula is C15H17NO4S. The number of amides is 1. The number of rotatable bonds is 2. The largest absolute Gasteiger partial charge is 0.451 e. The fourth-order valence-corrected chi connectivity index (χ4v) is 4.38. The Morgan fingerprint density at radius 1 is 1.33 bits per heavy atom. The molecule has 21 heavy (non-hydrogen) atoms. The number of furan rings is 1. The maximum Gasteiger partial charge on any atom is 0.287 e. The number of benzene rings is 1. The van der Waals surface area contributed by atoms with E-state index in [1.807, 2.05) is 32.0 Å². The van der Waals surface area contributed by atoms with E-state index in [-0.39, 0.29) is 29.2 Å². The van der Waals surface area contributed by atoms with Crippen LogP contribution in [0.3, 0.4) is 0 Å². The van der Waals surface area contributed by atoms with Gasteiger partial charge in [0.05, 0.1) is 11.5 Å². The van der Waals surface area contributed by atoms with Crippen molar-refractivity contribution in [3.05, 3.63) is 35.1 Å². The number of hydrogen-bond donors (Lipinski definition) is 1. The SMILES string of the molecule is Cc1ccc2c(C)c(C(=O)N[C@@H]3CCS(=O)(=O)C3)oc2c1. The Morgan fingerprint density at radius 3 is 2.76 bits per heavy atom. The minimum atomic E-state index is -3.01. The Morgan fingerprint density at radius 2 is 2.10 bits per heavy atom. The summed E-state index contributed by atoms with van der Waals surface area (Å²) in [7, 11) is -3.01. The topological polar surface area (TPSA) is 76.4 Å². The van der Waals surface area contributed by atoms with Gasteiger partial charge in [-0.3, -0.25) is 4.79 Å². The third-order valence-electron chi connectivity index (χ3n) is 3.87. The van der Waals surface area contributed by atoms with Gasteiger partial charge in [0, 0.05) is 17.0 Å². The van der Waals surface area contributed by atoms with E-state index in [1.54, 1.807) is 0 Å². The predicted molar refractivity (Wildman–Crippen MR) is 80.2 cm³/mol. The van der Waals surface area contributed by atoms with Gasteiger partial charge in [-0.1, -0.05) is 12.1 Å². The van der Waals surface area contributed by atoms with Crippen LogP contribution in [0.15, 0.2) is 22.6 Å². The van der Waals surface area contributed by atoms with Crippen molar-refractivity contribution in [2.45, 2.75) is 26.3 Å². The van der Waals surface area contributed by atoms with Gasteiger partial charge in [-0.25, -0.2) is 8.42 Å². The lowest BCUT2D eigenvalue weighted by atomic mass is 10.1. The van der Waals surface area contributed by atoms with E-state index in [4.69, 9.17) is 4.42 Å². The van der Waals surface area contributed by atoms with Gasteiger partial charge >= 0.3 is 0 Å². The van der Waals surface area contributed by atoms with Crippen molar-refractivity contribution in [1.82, 2.24) is 5.32 Å². The normalized spacial score (nSPS) is 20.8. The van der Waals surface area contributed by atoms with Gasteiger partial charge in [0.1, 0.15) is 5.58 Å². The zero-order valence-corrected chi connectivity index (χ0v) is 12.8. The summed E-state index contributed by atoms with van der Waals surface area (Å²) in [6, 6.07) is 5.46. The van der Waals surface area contributed by atoms with Crippen molar-refractivity contribution in [2.24, 2.45) is 0 Å². The van der Waals surface area contributed by atoms with Gasteiger partial charge in [-0.2, -0.15) is 0 Å². The number of nitrogens with one attached hydrogen (secondary N) is 1. The average Bonchev–Trinajstić information content (AvgIpc) is 2.90. The first-order chi connectivity index (χ1) is 9.85. The second-order valence-electron chi connectivity index (χ2n) is 5.63. The van der Waals surface area contributed by atoms with E-state index in [9.17, 15) is 13.2 Å². The van der Waals surface area contributed by atoms with Crippen molar-refractivity contribution in [3.63, 3.8) is 0 Å². The number of carbonyl (C=O) groups excluding carboxylic acids is 1. The average molecular weight is 307 g/mol. The standard InChI is InChI=1S/C15H17NO4S/c1-9-3-4-12-10(2)14(20-13(12)7-9)15(17)16-11-5-6-21(18,19)8-11/h3-4,7,11H,5-6,8H2,1-2H3,(H,16,17)/t11-/m1/s1. The van der Waals surface area contributed by atoms with Crippen LogP contribution < -0.4 is 5.32 Å². The molecule has 1 N–H and O–H groups in total. The zero-order chi connectivity index (χ0) is 15.2. The van der Waals surface area contributed by atoms with E-state index >= 15 is 0 Å². The number of sulfone groups is 1. The number of hydrogen-bond acceptors (Lipinski definition) is 4. The summed E-state index contributed by atoms with van der Waals surface area (Å²) in [6.07, 6.45) is 0.465. The maximum absolute atomic E-state index is 12.3. The summed E-state index contributed by atoms with van der Waals surface area (Å²) in [5, 5.41) is 3.66. The Balaban J connectivity index is 1.87. The highest BCUT2D eigenvalue weighted by Crippen LogP contribution is 2.26. The molecule has 0 bridgehead atoms. The minimum Gasteiger partial charge on any atom is -0.451 e. The van der Waals surface area contributed by atoms with Crippen LogP contribution >= 0.6 is 0 Å². The summed E-state index contributed by atoms with van der Waals surface area (Å²) >= 11 is 0. The highest BCUT2D eigenvalue weighted by molar-refractivity contribution is 7.91. The lowest BCUT2D eigenvalue weighted by Crippen LogP contribution is -2.35. The minimum absolute atomic E-state index is 0.0110. The molecule has 1 fully saturated rings. The van der Waals surface area contributed by atoms with Crippen LogP contribution in [0.4, 0.5) is 0 Å². The van der Waals surface area contributed by atoms with Gasteiger partial charge < -0.3 is 9.73 Å². The van der Waals surface area contributed by atoms with Gasteiger partial charge in [-0.15, -0.1) is 0 Å². The van der Waals surface area contributed by atoms with E-state index in [1.165, 1.54) is 0 Å². The highest BCUT2D eigenvalue weighted by Gasteiger charge is 2.30. The summed E-state index contributed by atoms with van der Waals surface area (Å²) in [6.45, 7) is 3.79. The first kappa shape index (κ1) is 14.1. The number of aryl methyl sites for hydroxylation is 2. The smallest absolute Gasteiger partial charge is 0.287 e. The number of carbonyl (C=O) groups is 1. The quantitative estimate of drug-likeness (QED) is 0.920. The molecule has 0 spiro atoms. The fourth-order valence-electron chi connectivity index (χ4n) is 2.71. The van der Waals surface area contributed by atoms with E-state index in [0.717, 1.165) is 16.5 Å².